The zero-order valence-electron chi connectivity index (χ0n) is 21.0. The van der Waals surface area contributed by atoms with E-state index in [1.165, 1.54) is 18.4 Å². The number of allylic oxidation sites excluding steroid dienone is 1. The van der Waals surface area contributed by atoms with Crippen LogP contribution in [0.25, 0.3) is 0 Å². The molecule has 0 aromatic rings. The summed E-state index contributed by atoms with van der Waals surface area (Å²) in [7, 11) is 0. The Bertz CT molecular complexity index is 911. The number of hydrogen-bond acceptors (Lipinski definition) is 4. The van der Waals surface area contributed by atoms with Gasteiger partial charge in [0.05, 0.1) is 30.5 Å². The summed E-state index contributed by atoms with van der Waals surface area (Å²) < 4.78 is 20.3. The molecule has 4 saturated carbocycles. The van der Waals surface area contributed by atoms with Crippen LogP contribution in [0.1, 0.15) is 85.5 Å². The molecule has 0 N–H and O–H groups in total. The molecule has 7 fully saturated rings. The molecule has 0 aromatic carbocycles. The van der Waals surface area contributed by atoms with Crippen LogP contribution in [0.15, 0.2) is 12.2 Å². The average molecular weight is 455 g/mol. The average Bonchev–Trinajstić information content (AvgIpc) is 3.19. The first-order valence-electron chi connectivity index (χ1n) is 13.8. The van der Waals surface area contributed by atoms with Gasteiger partial charge in [-0.25, -0.2) is 0 Å². The molecule has 182 valence electrons. The predicted molar refractivity (Wildman–Crippen MR) is 126 cm³/mol. The molecule has 0 aromatic heterocycles. The second-order valence-corrected chi connectivity index (χ2v) is 13.7. The van der Waals surface area contributed by atoms with Gasteiger partial charge < -0.3 is 14.2 Å². The molecule has 3 heterocycles. The highest BCUT2D eigenvalue weighted by Crippen LogP contribution is 2.80. The van der Waals surface area contributed by atoms with E-state index in [-0.39, 0.29) is 28.1 Å². The van der Waals surface area contributed by atoms with E-state index in [9.17, 15) is 4.79 Å². The lowest BCUT2D eigenvalue weighted by atomic mass is 9.43. The summed E-state index contributed by atoms with van der Waals surface area (Å²) >= 11 is 0. The Morgan fingerprint density at radius 1 is 1.15 bits per heavy atom. The van der Waals surface area contributed by atoms with Gasteiger partial charge in [-0.1, -0.05) is 32.9 Å². The molecule has 0 amide bonds. The lowest BCUT2D eigenvalue weighted by Gasteiger charge is -2.61. The van der Waals surface area contributed by atoms with Gasteiger partial charge in [-0.2, -0.15) is 0 Å². The maximum atomic E-state index is 12.3. The lowest BCUT2D eigenvalue weighted by Crippen LogP contribution is -2.65. The van der Waals surface area contributed by atoms with Gasteiger partial charge >= 0.3 is 0 Å². The van der Waals surface area contributed by atoms with Crippen LogP contribution in [0.5, 0.6) is 0 Å². The van der Waals surface area contributed by atoms with Crippen molar-refractivity contribution < 1.29 is 19.0 Å². The third kappa shape index (κ3) is 2.47. The monoisotopic (exact) mass is 454 g/mol. The highest BCUT2D eigenvalue weighted by atomic mass is 16.6. The number of Topliss-reactive ketones (excluding diaryl/α,β-unsaturated/α-hetero) is 1. The third-order valence-electron chi connectivity index (χ3n) is 12.4. The van der Waals surface area contributed by atoms with Gasteiger partial charge in [0.1, 0.15) is 11.4 Å². The van der Waals surface area contributed by atoms with Gasteiger partial charge in [-0.3, -0.25) is 4.79 Å². The molecule has 3 aliphatic heterocycles. The van der Waals surface area contributed by atoms with Crippen molar-refractivity contribution in [1.29, 1.82) is 0 Å². The molecule has 0 radical (unpaired) electrons. The Kier molecular flexibility index (Phi) is 4.27. The minimum atomic E-state index is -0.0860. The van der Waals surface area contributed by atoms with E-state index in [1.54, 1.807) is 0 Å². The standard InChI is InChI=1S/C29H42O4/c1-16(2)17(3)6-10-27(5)22-14-20-25-28(22,24(32-20)15-31-27)11-8-21-26(4)9-7-19(30)12-18(26)13-23-29(21,25)33-23/h16,18,20-25H,3,6-15H2,1-2,4-5H3. The van der Waals surface area contributed by atoms with Gasteiger partial charge in [0.25, 0.3) is 0 Å². The number of ketones is 1. The number of carbonyl (C=O) groups is 1. The van der Waals surface area contributed by atoms with Crippen LogP contribution in [0.3, 0.4) is 0 Å². The summed E-state index contributed by atoms with van der Waals surface area (Å²) in [6, 6.07) is 0. The van der Waals surface area contributed by atoms with Gasteiger partial charge in [0, 0.05) is 24.2 Å². The van der Waals surface area contributed by atoms with Crippen LogP contribution >= 0.6 is 0 Å². The largest absolute Gasteiger partial charge is 0.372 e. The number of ether oxygens (including phenoxy) is 3. The zero-order chi connectivity index (χ0) is 23.0. The van der Waals surface area contributed by atoms with E-state index in [2.05, 4.69) is 34.3 Å². The van der Waals surface area contributed by atoms with Crippen LogP contribution < -0.4 is 0 Å². The number of carbonyl (C=O) groups excluding carboxylic acids is 1. The van der Waals surface area contributed by atoms with Crippen LogP contribution in [0.2, 0.25) is 0 Å². The van der Waals surface area contributed by atoms with Crippen molar-refractivity contribution in [3.63, 3.8) is 0 Å². The summed E-state index contributed by atoms with van der Waals surface area (Å²) in [5.74, 6) is 3.21. The first kappa shape index (κ1) is 21.6. The maximum Gasteiger partial charge on any atom is 0.133 e. The number of rotatable bonds is 4. The Hall–Kier alpha value is -0.710. The molecule has 2 spiro atoms. The molecule has 7 rings (SSSR count). The van der Waals surface area contributed by atoms with Crippen molar-refractivity contribution in [1.82, 2.24) is 0 Å². The summed E-state index contributed by atoms with van der Waals surface area (Å²) in [5, 5.41) is 0. The van der Waals surface area contributed by atoms with Crippen molar-refractivity contribution in [2.45, 2.75) is 115 Å². The maximum absolute atomic E-state index is 12.3. The highest BCUT2D eigenvalue weighted by Gasteiger charge is 2.85. The second-order valence-electron chi connectivity index (χ2n) is 13.7. The normalized spacial score (nSPS) is 57.8. The van der Waals surface area contributed by atoms with Gasteiger partial charge in [0.15, 0.2) is 0 Å². The van der Waals surface area contributed by atoms with E-state index in [0.29, 0.717) is 47.6 Å². The predicted octanol–water partition coefficient (Wildman–Crippen LogP) is 5.48. The Morgan fingerprint density at radius 2 is 1.97 bits per heavy atom. The minimum absolute atomic E-state index is 0.0117. The number of epoxide rings is 1. The molecule has 33 heavy (non-hydrogen) atoms. The first-order valence-corrected chi connectivity index (χ1v) is 13.8. The van der Waals surface area contributed by atoms with Crippen molar-refractivity contribution in [2.75, 3.05) is 6.61 Å². The van der Waals surface area contributed by atoms with Crippen molar-refractivity contribution in [3.8, 4) is 0 Å². The SMILES string of the molecule is C=C(CCC1(C)OCC2OC3CC1C21CCC2C4(C)CCC(=O)CC4CC4OC42C31)C(C)C. The molecule has 11 unspecified atom stereocenters. The fourth-order valence-electron chi connectivity index (χ4n) is 10.6. The van der Waals surface area contributed by atoms with Crippen molar-refractivity contribution >= 4 is 5.78 Å². The molecule has 4 heteroatoms. The molecular weight excluding hydrogens is 412 g/mol. The number of hydrogen-bond donors (Lipinski definition) is 0. The topological polar surface area (TPSA) is 48.1 Å². The molecule has 2 bridgehead atoms. The minimum Gasteiger partial charge on any atom is -0.372 e. The molecule has 4 aliphatic carbocycles. The second kappa shape index (κ2) is 6.53. The number of fused-ring (bicyclic) bond motifs is 2. The van der Waals surface area contributed by atoms with E-state index in [1.807, 2.05) is 0 Å². The van der Waals surface area contributed by atoms with Gasteiger partial charge in [-0.05, 0) is 81.0 Å². The summed E-state index contributed by atoms with van der Waals surface area (Å²) in [4.78, 5) is 12.3. The van der Waals surface area contributed by atoms with Gasteiger partial charge in [-0.15, -0.1) is 0 Å². The fraction of sp³-hybridized carbons (Fsp3) is 0.897. The Balaban J connectivity index is 1.23. The van der Waals surface area contributed by atoms with Crippen LogP contribution in [0.4, 0.5) is 0 Å². The van der Waals surface area contributed by atoms with Crippen molar-refractivity contribution in [3.05, 3.63) is 12.2 Å². The quantitative estimate of drug-likeness (QED) is 0.417. The fourth-order valence-corrected chi connectivity index (χ4v) is 10.6. The third-order valence-corrected chi connectivity index (χ3v) is 12.4. The molecule has 3 saturated heterocycles. The smallest absolute Gasteiger partial charge is 0.133 e. The van der Waals surface area contributed by atoms with Crippen LogP contribution in [-0.4, -0.2) is 41.9 Å². The first-order chi connectivity index (χ1) is 15.6. The zero-order valence-corrected chi connectivity index (χ0v) is 21.0. The summed E-state index contributed by atoms with van der Waals surface area (Å²) in [6.45, 7) is 14.5. The molecular formula is C29H42O4. The molecule has 11 atom stereocenters. The van der Waals surface area contributed by atoms with Gasteiger partial charge in [0.2, 0.25) is 0 Å². The van der Waals surface area contributed by atoms with E-state index in [4.69, 9.17) is 14.2 Å². The van der Waals surface area contributed by atoms with E-state index >= 15 is 0 Å². The van der Waals surface area contributed by atoms with Crippen molar-refractivity contribution in [2.24, 2.45) is 40.4 Å². The lowest BCUT2D eigenvalue weighted by molar-refractivity contribution is -0.244. The highest BCUT2D eigenvalue weighted by molar-refractivity contribution is 5.79. The molecule has 7 aliphatic rings. The van der Waals surface area contributed by atoms with Crippen LogP contribution in [-0.2, 0) is 19.0 Å². The Morgan fingerprint density at radius 3 is 2.76 bits per heavy atom. The molecule has 4 nitrogen and oxygen atoms in total. The Labute approximate surface area is 199 Å². The van der Waals surface area contributed by atoms with Crippen LogP contribution in [0, 0.1) is 40.4 Å². The van der Waals surface area contributed by atoms with E-state index in [0.717, 1.165) is 51.6 Å². The summed E-state index contributed by atoms with van der Waals surface area (Å²) in [6.07, 6.45) is 10.4. The summed E-state index contributed by atoms with van der Waals surface area (Å²) in [5.41, 5.74) is 1.75. The van der Waals surface area contributed by atoms with E-state index < -0.39 is 0 Å².